The molecule has 0 spiro atoms. The zero-order valence-corrected chi connectivity index (χ0v) is 7.84. The fourth-order valence-electron chi connectivity index (χ4n) is 1.11. The van der Waals surface area contributed by atoms with Crippen molar-refractivity contribution in [3.8, 4) is 0 Å². The molecule has 4 heteroatoms. The molecular formula is C9H14FN3. The average Bonchev–Trinajstić information content (AvgIpc) is 2.06. The number of aromatic nitrogens is 1. The number of nitrogens with zero attached hydrogens (tertiary/aromatic N) is 1. The third-order valence-corrected chi connectivity index (χ3v) is 1.79. The number of halogens is 1. The van der Waals surface area contributed by atoms with Gasteiger partial charge in [-0.1, -0.05) is 13.8 Å². The highest BCUT2D eigenvalue weighted by molar-refractivity contribution is 5.65. The molecule has 4 N–H and O–H groups in total. The molecule has 0 bridgehead atoms. The summed E-state index contributed by atoms with van der Waals surface area (Å²) in [6, 6.07) is 0. The molecule has 0 aliphatic carbocycles. The van der Waals surface area contributed by atoms with Gasteiger partial charge in [-0.15, -0.1) is 0 Å². The molecule has 0 atom stereocenters. The SMILES string of the molecule is CC(C)Cc1ncc(F)c(N)c1N. The zero-order chi connectivity index (χ0) is 10.0. The van der Waals surface area contributed by atoms with Crippen LogP contribution in [0.4, 0.5) is 15.8 Å². The second-order valence-corrected chi connectivity index (χ2v) is 3.48. The van der Waals surface area contributed by atoms with E-state index in [0.717, 1.165) is 12.6 Å². The minimum absolute atomic E-state index is 0.00523. The van der Waals surface area contributed by atoms with Crippen LogP contribution in [0.1, 0.15) is 19.5 Å². The van der Waals surface area contributed by atoms with Gasteiger partial charge >= 0.3 is 0 Å². The van der Waals surface area contributed by atoms with Gasteiger partial charge in [0.1, 0.15) is 0 Å². The third-order valence-electron chi connectivity index (χ3n) is 1.79. The third kappa shape index (κ3) is 2.08. The molecule has 0 amide bonds. The molecular weight excluding hydrogens is 169 g/mol. The number of pyridine rings is 1. The van der Waals surface area contributed by atoms with E-state index in [1.54, 1.807) is 0 Å². The number of nitrogen functional groups attached to an aromatic ring is 2. The minimum atomic E-state index is -0.551. The highest BCUT2D eigenvalue weighted by Gasteiger charge is 2.10. The summed E-state index contributed by atoms with van der Waals surface area (Å²) in [5.41, 5.74) is 12.0. The van der Waals surface area contributed by atoms with E-state index < -0.39 is 5.82 Å². The van der Waals surface area contributed by atoms with Gasteiger partial charge in [-0.3, -0.25) is 4.98 Å². The summed E-state index contributed by atoms with van der Waals surface area (Å²) in [7, 11) is 0. The molecule has 0 fully saturated rings. The van der Waals surface area contributed by atoms with Crippen molar-refractivity contribution in [1.29, 1.82) is 0 Å². The molecule has 13 heavy (non-hydrogen) atoms. The number of hydrogen-bond donors (Lipinski definition) is 2. The Kier molecular flexibility index (Phi) is 2.70. The van der Waals surface area contributed by atoms with Crippen LogP contribution in [0.3, 0.4) is 0 Å². The van der Waals surface area contributed by atoms with Gasteiger partial charge in [0.15, 0.2) is 5.82 Å². The van der Waals surface area contributed by atoms with Crippen LogP contribution in [0.25, 0.3) is 0 Å². The molecule has 0 aliphatic rings. The lowest BCUT2D eigenvalue weighted by atomic mass is 10.1. The van der Waals surface area contributed by atoms with E-state index in [-0.39, 0.29) is 11.4 Å². The Morgan fingerprint density at radius 3 is 2.54 bits per heavy atom. The molecule has 0 aromatic carbocycles. The summed E-state index contributed by atoms with van der Waals surface area (Å²) in [6.45, 7) is 4.08. The first-order valence-corrected chi connectivity index (χ1v) is 4.20. The van der Waals surface area contributed by atoms with Crippen LogP contribution in [-0.4, -0.2) is 4.98 Å². The second-order valence-electron chi connectivity index (χ2n) is 3.48. The standard InChI is InChI=1S/C9H14FN3/c1-5(2)3-7-9(12)8(11)6(10)4-13-7/h4-5H,3,12H2,1-2H3,(H2,11,13). The summed E-state index contributed by atoms with van der Waals surface area (Å²) in [5.74, 6) is -0.121. The predicted octanol–water partition coefficient (Wildman–Crippen LogP) is 1.58. The first kappa shape index (κ1) is 9.77. The van der Waals surface area contributed by atoms with Crippen LogP contribution in [0.15, 0.2) is 6.20 Å². The van der Waals surface area contributed by atoms with Crippen LogP contribution in [0.2, 0.25) is 0 Å². The molecule has 72 valence electrons. The smallest absolute Gasteiger partial charge is 0.166 e. The topological polar surface area (TPSA) is 64.9 Å². The Morgan fingerprint density at radius 2 is 2.00 bits per heavy atom. The molecule has 0 aliphatic heterocycles. The van der Waals surface area contributed by atoms with Crippen molar-refractivity contribution in [2.75, 3.05) is 11.5 Å². The number of hydrogen-bond acceptors (Lipinski definition) is 3. The van der Waals surface area contributed by atoms with Gasteiger partial charge in [-0.2, -0.15) is 0 Å². The predicted molar refractivity (Wildman–Crippen MR) is 51.6 cm³/mol. The monoisotopic (exact) mass is 183 g/mol. The van der Waals surface area contributed by atoms with Crippen molar-refractivity contribution in [3.63, 3.8) is 0 Å². The largest absolute Gasteiger partial charge is 0.395 e. The van der Waals surface area contributed by atoms with E-state index in [1.807, 2.05) is 13.8 Å². The maximum atomic E-state index is 12.8. The molecule has 0 unspecified atom stereocenters. The second kappa shape index (κ2) is 3.60. The summed E-state index contributed by atoms with van der Waals surface area (Å²) in [5, 5.41) is 0. The van der Waals surface area contributed by atoms with E-state index in [4.69, 9.17) is 11.5 Å². The van der Waals surface area contributed by atoms with Crippen molar-refractivity contribution in [2.24, 2.45) is 5.92 Å². The maximum absolute atomic E-state index is 12.8. The van der Waals surface area contributed by atoms with E-state index in [0.29, 0.717) is 11.6 Å². The van der Waals surface area contributed by atoms with Gasteiger partial charge in [-0.25, -0.2) is 4.39 Å². The van der Waals surface area contributed by atoms with Crippen LogP contribution >= 0.6 is 0 Å². The molecule has 0 saturated heterocycles. The summed E-state index contributed by atoms with van der Waals surface area (Å²) in [6.07, 6.45) is 1.83. The van der Waals surface area contributed by atoms with E-state index in [2.05, 4.69) is 4.98 Å². The highest BCUT2D eigenvalue weighted by atomic mass is 19.1. The molecule has 3 nitrogen and oxygen atoms in total. The first-order chi connectivity index (χ1) is 6.02. The fourth-order valence-corrected chi connectivity index (χ4v) is 1.11. The highest BCUT2D eigenvalue weighted by Crippen LogP contribution is 2.22. The van der Waals surface area contributed by atoms with Gasteiger partial charge in [0.05, 0.1) is 23.3 Å². The van der Waals surface area contributed by atoms with E-state index in [9.17, 15) is 4.39 Å². The Morgan fingerprint density at radius 1 is 1.38 bits per heavy atom. The number of nitrogens with two attached hydrogens (primary N) is 2. The van der Waals surface area contributed by atoms with Crippen molar-refractivity contribution in [2.45, 2.75) is 20.3 Å². The minimum Gasteiger partial charge on any atom is -0.395 e. The summed E-state index contributed by atoms with van der Waals surface area (Å²) < 4.78 is 12.8. The molecule has 1 rings (SSSR count). The van der Waals surface area contributed by atoms with E-state index >= 15 is 0 Å². The number of anilines is 2. The Labute approximate surface area is 77.0 Å². The lowest BCUT2D eigenvalue weighted by Gasteiger charge is -2.09. The summed E-state index contributed by atoms with van der Waals surface area (Å²) in [4.78, 5) is 3.90. The van der Waals surface area contributed by atoms with Crippen LogP contribution < -0.4 is 11.5 Å². The van der Waals surface area contributed by atoms with E-state index in [1.165, 1.54) is 0 Å². The van der Waals surface area contributed by atoms with Crippen LogP contribution in [0, 0.1) is 11.7 Å². The van der Waals surface area contributed by atoms with Gasteiger partial charge in [0, 0.05) is 0 Å². The van der Waals surface area contributed by atoms with Crippen molar-refractivity contribution in [1.82, 2.24) is 4.98 Å². The quantitative estimate of drug-likeness (QED) is 0.731. The zero-order valence-electron chi connectivity index (χ0n) is 7.84. The van der Waals surface area contributed by atoms with Gasteiger partial charge in [0.2, 0.25) is 0 Å². The van der Waals surface area contributed by atoms with Gasteiger partial charge in [-0.05, 0) is 12.3 Å². The lowest BCUT2D eigenvalue weighted by Crippen LogP contribution is -2.07. The Hall–Kier alpha value is -1.32. The van der Waals surface area contributed by atoms with Crippen molar-refractivity contribution < 1.29 is 4.39 Å². The molecule has 0 radical (unpaired) electrons. The Balaban J connectivity index is 3.04. The normalized spacial score (nSPS) is 10.8. The molecule has 1 aromatic rings. The van der Waals surface area contributed by atoms with Gasteiger partial charge < -0.3 is 11.5 Å². The van der Waals surface area contributed by atoms with Crippen LogP contribution in [-0.2, 0) is 6.42 Å². The van der Waals surface area contributed by atoms with Crippen molar-refractivity contribution in [3.05, 3.63) is 17.7 Å². The van der Waals surface area contributed by atoms with Crippen LogP contribution in [0.5, 0.6) is 0 Å². The fraction of sp³-hybridized carbons (Fsp3) is 0.444. The molecule has 1 aromatic heterocycles. The average molecular weight is 183 g/mol. The first-order valence-electron chi connectivity index (χ1n) is 4.20. The van der Waals surface area contributed by atoms with Crippen molar-refractivity contribution >= 4 is 11.4 Å². The summed E-state index contributed by atoms with van der Waals surface area (Å²) >= 11 is 0. The lowest BCUT2D eigenvalue weighted by molar-refractivity contribution is 0.611. The molecule has 0 saturated carbocycles. The Bertz CT molecular complexity index is 310. The molecule has 1 heterocycles. The number of rotatable bonds is 2. The maximum Gasteiger partial charge on any atom is 0.166 e. The van der Waals surface area contributed by atoms with Gasteiger partial charge in [0.25, 0.3) is 0 Å².